The Hall–Kier alpha value is -1.36. The highest BCUT2D eigenvalue weighted by molar-refractivity contribution is 8.14. The summed E-state index contributed by atoms with van der Waals surface area (Å²) in [6.07, 6.45) is 0. The lowest BCUT2D eigenvalue weighted by Gasteiger charge is -2.33. The lowest BCUT2D eigenvalue weighted by Crippen LogP contribution is -2.39. The number of aliphatic imine (C=N–C) groups is 1. The van der Waals surface area contributed by atoms with E-state index in [1.807, 2.05) is 26.0 Å². The van der Waals surface area contributed by atoms with E-state index in [2.05, 4.69) is 18.8 Å². The molecule has 5 heteroatoms. The Bertz CT molecular complexity index is 552. The summed E-state index contributed by atoms with van der Waals surface area (Å²) < 4.78 is 16.9. The molecule has 3 rings (SSSR count). The summed E-state index contributed by atoms with van der Waals surface area (Å²) in [5, 5.41) is 0.994. The number of ether oxygens (including phenoxy) is 3. The van der Waals surface area contributed by atoms with E-state index in [0.29, 0.717) is 0 Å². The molecule has 0 unspecified atom stereocenters. The average molecular weight is 279 g/mol. The number of fused-ring (bicyclic) bond motifs is 2. The van der Waals surface area contributed by atoms with Crippen LogP contribution >= 0.6 is 11.8 Å². The molecule has 2 heterocycles. The van der Waals surface area contributed by atoms with E-state index in [1.165, 1.54) is 0 Å². The molecule has 0 bridgehead atoms. The molecule has 1 aromatic carbocycles. The van der Waals surface area contributed by atoms with Crippen molar-refractivity contribution < 1.29 is 14.2 Å². The monoisotopic (exact) mass is 279 g/mol. The molecule has 0 amide bonds. The molecule has 0 radical (unpaired) electrons. The van der Waals surface area contributed by atoms with Crippen LogP contribution in [0.5, 0.6) is 17.2 Å². The van der Waals surface area contributed by atoms with Crippen molar-refractivity contribution in [1.29, 1.82) is 0 Å². The highest BCUT2D eigenvalue weighted by Gasteiger charge is 2.35. The molecular formula is C14H17NO3S. The second-order valence-corrected chi connectivity index (χ2v) is 6.43. The maximum absolute atomic E-state index is 6.07. The van der Waals surface area contributed by atoms with Gasteiger partial charge in [0.05, 0.1) is 4.90 Å². The van der Waals surface area contributed by atoms with Crippen molar-refractivity contribution >= 4 is 16.8 Å². The van der Waals surface area contributed by atoms with Crippen molar-refractivity contribution in [2.24, 2.45) is 4.99 Å². The molecule has 19 heavy (non-hydrogen) atoms. The van der Waals surface area contributed by atoms with Gasteiger partial charge in [-0.2, -0.15) is 0 Å². The summed E-state index contributed by atoms with van der Waals surface area (Å²) in [7, 11) is 0. The number of nitrogens with zero attached hydrogens (tertiary/aromatic N) is 1. The van der Waals surface area contributed by atoms with E-state index in [4.69, 9.17) is 14.2 Å². The van der Waals surface area contributed by atoms with E-state index >= 15 is 0 Å². The number of hydrogen-bond acceptors (Lipinski definition) is 5. The molecule has 2 aliphatic rings. The SMILES string of the molecule is CC(C)N=C1Sc2cc3c(cc2OC1(C)C)OCO3. The van der Waals surface area contributed by atoms with Crippen LogP contribution in [0, 0.1) is 0 Å². The van der Waals surface area contributed by atoms with Crippen LogP contribution < -0.4 is 14.2 Å². The Morgan fingerprint density at radius 1 is 1.16 bits per heavy atom. The smallest absolute Gasteiger partial charge is 0.231 e. The Morgan fingerprint density at radius 2 is 1.84 bits per heavy atom. The Kier molecular flexibility index (Phi) is 2.89. The van der Waals surface area contributed by atoms with Crippen LogP contribution in [0.3, 0.4) is 0 Å². The molecular weight excluding hydrogens is 262 g/mol. The largest absolute Gasteiger partial charge is 0.480 e. The topological polar surface area (TPSA) is 40.0 Å². The summed E-state index contributed by atoms with van der Waals surface area (Å²) in [6, 6.07) is 4.12. The molecule has 2 aliphatic heterocycles. The van der Waals surface area contributed by atoms with Crippen LogP contribution in [0.2, 0.25) is 0 Å². The van der Waals surface area contributed by atoms with Crippen molar-refractivity contribution in [3.05, 3.63) is 12.1 Å². The fourth-order valence-corrected chi connectivity index (χ4v) is 3.15. The molecule has 1 aromatic rings. The number of rotatable bonds is 1. The van der Waals surface area contributed by atoms with E-state index in [-0.39, 0.29) is 12.8 Å². The molecule has 0 N–H and O–H groups in total. The quantitative estimate of drug-likeness (QED) is 0.789. The maximum Gasteiger partial charge on any atom is 0.231 e. The molecule has 0 fully saturated rings. The minimum absolute atomic E-state index is 0.251. The van der Waals surface area contributed by atoms with Crippen LogP contribution in [0.15, 0.2) is 22.0 Å². The van der Waals surface area contributed by atoms with Gasteiger partial charge in [0.15, 0.2) is 17.1 Å². The van der Waals surface area contributed by atoms with Crippen molar-refractivity contribution in [3.8, 4) is 17.2 Å². The van der Waals surface area contributed by atoms with Gasteiger partial charge in [0.25, 0.3) is 0 Å². The van der Waals surface area contributed by atoms with E-state index in [9.17, 15) is 0 Å². The van der Waals surface area contributed by atoms with Crippen molar-refractivity contribution in [3.63, 3.8) is 0 Å². The zero-order chi connectivity index (χ0) is 13.6. The molecule has 0 atom stereocenters. The van der Waals surface area contributed by atoms with Crippen molar-refractivity contribution in [1.82, 2.24) is 0 Å². The van der Waals surface area contributed by atoms with Gasteiger partial charge < -0.3 is 14.2 Å². The average Bonchev–Trinajstić information content (AvgIpc) is 2.73. The fourth-order valence-electron chi connectivity index (χ4n) is 2.03. The molecule has 0 saturated heterocycles. The predicted molar refractivity (Wildman–Crippen MR) is 75.7 cm³/mol. The first-order chi connectivity index (χ1) is 8.95. The third-order valence-electron chi connectivity index (χ3n) is 2.90. The van der Waals surface area contributed by atoms with Crippen LogP contribution in [0.1, 0.15) is 27.7 Å². The van der Waals surface area contributed by atoms with E-state index < -0.39 is 5.60 Å². The van der Waals surface area contributed by atoms with Crippen LogP contribution in [0.4, 0.5) is 0 Å². The first-order valence-corrected chi connectivity index (χ1v) is 7.16. The molecule has 0 saturated carbocycles. The summed E-state index contributed by atoms with van der Waals surface area (Å²) in [5.41, 5.74) is -0.407. The van der Waals surface area contributed by atoms with Crippen LogP contribution in [0.25, 0.3) is 0 Å². The minimum atomic E-state index is -0.407. The lowest BCUT2D eigenvalue weighted by molar-refractivity contribution is 0.171. The zero-order valence-corrected chi connectivity index (χ0v) is 12.3. The third-order valence-corrected chi connectivity index (χ3v) is 4.23. The molecule has 0 aliphatic carbocycles. The summed E-state index contributed by atoms with van der Waals surface area (Å²) in [5.74, 6) is 2.36. The van der Waals surface area contributed by atoms with E-state index in [1.54, 1.807) is 11.8 Å². The highest BCUT2D eigenvalue weighted by atomic mass is 32.2. The second-order valence-electron chi connectivity index (χ2n) is 5.39. The van der Waals surface area contributed by atoms with Crippen LogP contribution in [-0.2, 0) is 0 Å². The van der Waals surface area contributed by atoms with Gasteiger partial charge in [-0.1, -0.05) is 11.8 Å². The van der Waals surface area contributed by atoms with E-state index in [0.717, 1.165) is 27.2 Å². The van der Waals surface area contributed by atoms with Gasteiger partial charge in [0, 0.05) is 18.2 Å². The predicted octanol–water partition coefficient (Wildman–Crippen LogP) is 3.49. The summed E-state index contributed by atoms with van der Waals surface area (Å²) in [6.45, 7) is 8.49. The maximum atomic E-state index is 6.07. The minimum Gasteiger partial charge on any atom is -0.480 e. The highest BCUT2D eigenvalue weighted by Crippen LogP contribution is 2.47. The third kappa shape index (κ3) is 2.27. The molecule has 102 valence electrons. The Balaban J connectivity index is 2.02. The van der Waals surface area contributed by atoms with Gasteiger partial charge in [0.2, 0.25) is 6.79 Å². The first-order valence-electron chi connectivity index (χ1n) is 6.34. The second kappa shape index (κ2) is 4.34. The van der Waals surface area contributed by atoms with Crippen LogP contribution in [-0.4, -0.2) is 23.5 Å². The molecule has 0 aromatic heterocycles. The molecule has 4 nitrogen and oxygen atoms in total. The van der Waals surface area contributed by atoms with Gasteiger partial charge in [-0.05, 0) is 27.7 Å². The van der Waals surface area contributed by atoms with Gasteiger partial charge in [0.1, 0.15) is 10.8 Å². The van der Waals surface area contributed by atoms with Gasteiger partial charge in [-0.15, -0.1) is 0 Å². The summed E-state index contributed by atoms with van der Waals surface area (Å²) >= 11 is 1.65. The molecule has 0 spiro atoms. The standard InChI is InChI=1S/C14H17NO3S/c1-8(2)15-13-14(3,4)18-11-5-9-10(17-7-16-9)6-12(11)19-13/h5-6,8H,7H2,1-4H3. The Morgan fingerprint density at radius 3 is 2.53 bits per heavy atom. The first kappa shape index (κ1) is 12.7. The lowest BCUT2D eigenvalue weighted by atomic mass is 10.1. The zero-order valence-electron chi connectivity index (χ0n) is 11.5. The Labute approximate surface area is 117 Å². The van der Waals surface area contributed by atoms with Gasteiger partial charge >= 0.3 is 0 Å². The number of thioether (sulfide) groups is 1. The van der Waals surface area contributed by atoms with Gasteiger partial charge in [-0.3, -0.25) is 4.99 Å². The number of hydrogen-bond donors (Lipinski definition) is 0. The summed E-state index contributed by atoms with van der Waals surface area (Å²) in [4.78, 5) is 5.69. The van der Waals surface area contributed by atoms with Crippen molar-refractivity contribution in [2.45, 2.75) is 44.2 Å². The van der Waals surface area contributed by atoms with Gasteiger partial charge in [-0.25, -0.2) is 0 Å². The van der Waals surface area contributed by atoms with Crippen molar-refractivity contribution in [2.75, 3.05) is 6.79 Å². The number of benzene rings is 1. The normalized spacial score (nSPS) is 21.4. The fraction of sp³-hybridized carbons (Fsp3) is 0.500.